The minimum absolute atomic E-state index is 0.249. The molecule has 0 bridgehead atoms. The van der Waals surface area contributed by atoms with Gasteiger partial charge in [-0.3, -0.25) is 0 Å². The molecule has 15 heavy (non-hydrogen) atoms. The fourth-order valence-electron chi connectivity index (χ4n) is 1.36. The highest BCUT2D eigenvalue weighted by molar-refractivity contribution is 6.42. The average molecular weight is 246 g/mol. The van der Waals surface area contributed by atoms with Crippen LogP contribution < -0.4 is 5.73 Å². The van der Waals surface area contributed by atoms with Gasteiger partial charge in [-0.15, -0.1) is 0 Å². The average Bonchev–Trinajstić information content (AvgIpc) is 2.19. The van der Waals surface area contributed by atoms with Crippen molar-refractivity contribution in [3.05, 3.63) is 33.8 Å². The molecule has 1 unspecified atom stereocenters. The van der Waals surface area contributed by atoms with Crippen molar-refractivity contribution in [2.24, 2.45) is 11.7 Å². The zero-order valence-corrected chi connectivity index (χ0v) is 10.6. The highest BCUT2D eigenvalue weighted by atomic mass is 35.5. The molecule has 0 saturated carbocycles. The summed E-state index contributed by atoms with van der Waals surface area (Å²) in [5.41, 5.74) is 7.17. The van der Waals surface area contributed by atoms with Gasteiger partial charge in [0.25, 0.3) is 0 Å². The van der Waals surface area contributed by atoms with Crippen LogP contribution in [0.25, 0.3) is 0 Å². The van der Waals surface area contributed by atoms with E-state index in [1.807, 2.05) is 18.2 Å². The second kappa shape index (κ2) is 5.74. The van der Waals surface area contributed by atoms with Crippen molar-refractivity contribution in [3.63, 3.8) is 0 Å². The molecule has 0 fully saturated rings. The van der Waals surface area contributed by atoms with Crippen molar-refractivity contribution >= 4 is 23.2 Å². The predicted molar refractivity (Wildman–Crippen MR) is 67.6 cm³/mol. The molecule has 0 radical (unpaired) electrons. The highest BCUT2D eigenvalue weighted by Crippen LogP contribution is 2.23. The molecule has 1 atom stereocenters. The number of halogens is 2. The van der Waals surface area contributed by atoms with E-state index in [9.17, 15) is 0 Å². The van der Waals surface area contributed by atoms with Crippen LogP contribution in [-0.4, -0.2) is 6.04 Å². The summed E-state index contributed by atoms with van der Waals surface area (Å²) in [4.78, 5) is 0. The lowest BCUT2D eigenvalue weighted by molar-refractivity contribution is 0.464. The Hall–Kier alpha value is -0.240. The summed E-state index contributed by atoms with van der Waals surface area (Å²) >= 11 is 11.8. The van der Waals surface area contributed by atoms with Crippen LogP contribution in [0.1, 0.15) is 25.8 Å². The molecule has 0 aromatic heterocycles. The van der Waals surface area contributed by atoms with E-state index >= 15 is 0 Å². The molecule has 0 heterocycles. The third kappa shape index (κ3) is 4.02. The molecule has 2 N–H and O–H groups in total. The molecule has 0 amide bonds. The maximum absolute atomic E-state index is 5.97. The Bertz CT molecular complexity index is 323. The number of aryl methyl sites for hydroxylation is 1. The first-order chi connectivity index (χ1) is 7.00. The predicted octanol–water partition coefficient (Wildman–Crippen LogP) is 3.91. The molecule has 3 heteroatoms. The first-order valence-electron chi connectivity index (χ1n) is 5.20. The summed E-state index contributed by atoms with van der Waals surface area (Å²) < 4.78 is 0. The van der Waals surface area contributed by atoms with E-state index in [4.69, 9.17) is 28.9 Å². The van der Waals surface area contributed by atoms with Crippen LogP contribution in [0.5, 0.6) is 0 Å². The standard InChI is InChI=1S/C12H17Cl2N/c1-8(2)12(15)6-4-9-3-5-10(13)11(14)7-9/h3,5,7-8,12H,4,6,15H2,1-2H3. The normalized spacial score (nSPS) is 13.2. The monoisotopic (exact) mass is 245 g/mol. The van der Waals surface area contributed by atoms with Gasteiger partial charge < -0.3 is 5.73 Å². The third-order valence-corrected chi connectivity index (χ3v) is 3.35. The molecule has 0 spiro atoms. The Labute approximate surface area is 102 Å². The van der Waals surface area contributed by atoms with E-state index in [0.29, 0.717) is 16.0 Å². The lowest BCUT2D eigenvalue weighted by Crippen LogP contribution is -2.26. The smallest absolute Gasteiger partial charge is 0.0595 e. The SMILES string of the molecule is CC(C)C(N)CCc1ccc(Cl)c(Cl)c1. The van der Waals surface area contributed by atoms with E-state index in [1.165, 1.54) is 5.56 Å². The van der Waals surface area contributed by atoms with Crippen LogP contribution in [0.4, 0.5) is 0 Å². The zero-order chi connectivity index (χ0) is 11.4. The van der Waals surface area contributed by atoms with Crippen LogP contribution in [0.15, 0.2) is 18.2 Å². The molecule has 1 aromatic rings. The highest BCUT2D eigenvalue weighted by Gasteiger charge is 2.08. The maximum atomic E-state index is 5.97. The van der Waals surface area contributed by atoms with Gasteiger partial charge >= 0.3 is 0 Å². The Morgan fingerprint density at radius 3 is 2.40 bits per heavy atom. The summed E-state index contributed by atoms with van der Waals surface area (Å²) in [6.45, 7) is 4.28. The Morgan fingerprint density at radius 1 is 1.20 bits per heavy atom. The van der Waals surface area contributed by atoms with Crippen molar-refractivity contribution in [2.75, 3.05) is 0 Å². The van der Waals surface area contributed by atoms with E-state index in [1.54, 1.807) is 0 Å². The molecule has 0 saturated heterocycles. The van der Waals surface area contributed by atoms with Crippen molar-refractivity contribution < 1.29 is 0 Å². The summed E-state index contributed by atoms with van der Waals surface area (Å²) in [6, 6.07) is 6.00. The largest absolute Gasteiger partial charge is 0.327 e. The van der Waals surface area contributed by atoms with Gasteiger partial charge in [0.2, 0.25) is 0 Å². The van der Waals surface area contributed by atoms with Gasteiger partial charge in [0.15, 0.2) is 0 Å². The van der Waals surface area contributed by atoms with Crippen LogP contribution in [0.2, 0.25) is 10.0 Å². The molecule has 84 valence electrons. The molecule has 0 aliphatic carbocycles. The minimum Gasteiger partial charge on any atom is -0.327 e. The molecular formula is C12H17Cl2N. The first kappa shape index (κ1) is 12.8. The van der Waals surface area contributed by atoms with Gasteiger partial charge in [0.1, 0.15) is 0 Å². The number of hydrogen-bond acceptors (Lipinski definition) is 1. The first-order valence-corrected chi connectivity index (χ1v) is 5.96. The minimum atomic E-state index is 0.249. The number of benzene rings is 1. The van der Waals surface area contributed by atoms with E-state index in [0.717, 1.165) is 12.8 Å². The molecule has 1 rings (SSSR count). The van der Waals surface area contributed by atoms with Crippen LogP contribution in [-0.2, 0) is 6.42 Å². The van der Waals surface area contributed by atoms with Crippen molar-refractivity contribution in [1.29, 1.82) is 0 Å². The molecule has 1 aromatic carbocycles. The van der Waals surface area contributed by atoms with Crippen LogP contribution >= 0.6 is 23.2 Å². The summed E-state index contributed by atoms with van der Waals surface area (Å²) in [7, 11) is 0. The topological polar surface area (TPSA) is 26.0 Å². The molecule has 1 nitrogen and oxygen atoms in total. The van der Waals surface area contributed by atoms with Crippen LogP contribution in [0, 0.1) is 5.92 Å². The van der Waals surface area contributed by atoms with Gasteiger partial charge in [0, 0.05) is 6.04 Å². The van der Waals surface area contributed by atoms with Crippen molar-refractivity contribution in [1.82, 2.24) is 0 Å². The van der Waals surface area contributed by atoms with Gasteiger partial charge in [-0.2, -0.15) is 0 Å². The third-order valence-electron chi connectivity index (χ3n) is 2.61. The molecule has 0 aliphatic heterocycles. The quantitative estimate of drug-likeness (QED) is 0.856. The fraction of sp³-hybridized carbons (Fsp3) is 0.500. The summed E-state index contributed by atoms with van der Waals surface area (Å²) in [5.74, 6) is 0.521. The Balaban J connectivity index is 2.55. The maximum Gasteiger partial charge on any atom is 0.0595 e. The summed E-state index contributed by atoms with van der Waals surface area (Å²) in [5, 5.41) is 1.22. The molecular weight excluding hydrogens is 229 g/mol. The van der Waals surface area contributed by atoms with Crippen molar-refractivity contribution in [2.45, 2.75) is 32.7 Å². The fourth-order valence-corrected chi connectivity index (χ4v) is 1.68. The van der Waals surface area contributed by atoms with Gasteiger partial charge in [-0.05, 0) is 36.5 Å². The number of hydrogen-bond donors (Lipinski definition) is 1. The van der Waals surface area contributed by atoms with Crippen LogP contribution in [0.3, 0.4) is 0 Å². The second-order valence-electron chi connectivity index (χ2n) is 4.20. The Morgan fingerprint density at radius 2 is 1.87 bits per heavy atom. The van der Waals surface area contributed by atoms with E-state index < -0.39 is 0 Å². The number of nitrogens with two attached hydrogens (primary N) is 1. The van der Waals surface area contributed by atoms with Gasteiger partial charge in [-0.1, -0.05) is 43.1 Å². The van der Waals surface area contributed by atoms with Gasteiger partial charge in [-0.25, -0.2) is 0 Å². The zero-order valence-electron chi connectivity index (χ0n) is 9.13. The van der Waals surface area contributed by atoms with E-state index in [-0.39, 0.29) is 6.04 Å². The van der Waals surface area contributed by atoms with E-state index in [2.05, 4.69) is 13.8 Å². The Kier molecular flexibility index (Phi) is 4.91. The van der Waals surface area contributed by atoms with Gasteiger partial charge in [0.05, 0.1) is 10.0 Å². The number of rotatable bonds is 4. The molecule has 0 aliphatic rings. The second-order valence-corrected chi connectivity index (χ2v) is 5.01. The van der Waals surface area contributed by atoms with Crippen molar-refractivity contribution in [3.8, 4) is 0 Å². The lowest BCUT2D eigenvalue weighted by Gasteiger charge is -2.15. The lowest BCUT2D eigenvalue weighted by atomic mass is 9.98. The summed E-state index contributed by atoms with van der Waals surface area (Å²) in [6.07, 6.45) is 1.94.